The van der Waals surface area contributed by atoms with Crippen LogP contribution in [-0.4, -0.2) is 30.8 Å². The Morgan fingerprint density at radius 3 is 2.43 bits per heavy atom. The highest BCUT2D eigenvalue weighted by Gasteiger charge is 2.00. The summed E-state index contributed by atoms with van der Waals surface area (Å²) in [6.45, 7) is 8.44. The number of aliphatic hydroxyl groups excluding tert-OH is 1. The van der Waals surface area contributed by atoms with E-state index in [0.717, 1.165) is 6.54 Å². The fourth-order valence-electron chi connectivity index (χ4n) is 1.06. The van der Waals surface area contributed by atoms with E-state index in [2.05, 4.69) is 12.2 Å². The highest BCUT2D eigenvalue weighted by atomic mass is 16.3. The molecule has 14 heavy (non-hydrogen) atoms. The summed E-state index contributed by atoms with van der Waals surface area (Å²) in [4.78, 5) is 0. The summed E-state index contributed by atoms with van der Waals surface area (Å²) in [6.07, 6.45) is 4.14. The summed E-state index contributed by atoms with van der Waals surface area (Å²) in [5.41, 5.74) is 5.29. The zero-order valence-corrected chi connectivity index (χ0v) is 10.1. The average molecular weight is 204 g/mol. The Labute approximate surface area is 89.1 Å². The van der Waals surface area contributed by atoms with Gasteiger partial charge in [-0.05, 0) is 25.9 Å². The maximum Gasteiger partial charge on any atom is 0.0676 e. The molecule has 0 heterocycles. The number of hydrogen-bond donors (Lipinski definition) is 3. The van der Waals surface area contributed by atoms with Crippen molar-refractivity contribution in [2.75, 3.05) is 19.6 Å². The highest BCUT2D eigenvalue weighted by molar-refractivity contribution is 4.59. The van der Waals surface area contributed by atoms with E-state index in [1.54, 1.807) is 0 Å². The van der Waals surface area contributed by atoms with Gasteiger partial charge in [0.15, 0.2) is 0 Å². The number of rotatable bonds is 8. The predicted octanol–water partition coefficient (Wildman–Crippen LogP) is 1.50. The molecule has 0 spiro atoms. The lowest BCUT2D eigenvalue weighted by Crippen LogP contribution is -2.29. The Kier molecular flexibility index (Phi) is 17.9. The molecule has 1 atom stereocenters. The molecule has 0 aliphatic rings. The first-order valence-electron chi connectivity index (χ1n) is 5.90. The lowest BCUT2D eigenvalue weighted by atomic mass is 10.2. The van der Waals surface area contributed by atoms with Gasteiger partial charge in [-0.3, -0.25) is 0 Å². The second kappa shape index (κ2) is 15.4. The molecule has 0 rings (SSSR count). The molecular weight excluding hydrogens is 176 g/mol. The Morgan fingerprint density at radius 2 is 1.93 bits per heavy atom. The lowest BCUT2D eigenvalue weighted by molar-refractivity contribution is 0.164. The third-order valence-corrected chi connectivity index (χ3v) is 1.84. The maximum atomic E-state index is 9.26. The molecule has 4 N–H and O–H groups in total. The largest absolute Gasteiger partial charge is 0.392 e. The molecule has 0 aromatic carbocycles. The maximum absolute atomic E-state index is 9.26. The second-order valence-electron chi connectivity index (χ2n) is 3.14. The second-order valence-corrected chi connectivity index (χ2v) is 3.14. The monoisotopic (exact) mass is 204 g/mol. The fourth-order valence-corrected chi connectivity index (χ4v) is 1.06. The van der Waals surface area contributed by atoms with E-state index in [1.165, 1.54) is 19.3 Å². The normalized spacial score (nSPS) is 11.8. The molecule has 0 aromatic rings. The average Bonchev–Trinajstić information content (AvgIpc) is 2.21. The van der Waals surface area contributed by atoms with Crippen LogP contribution in [0.2, 0.25) is 0 Å². The van der Waals surface area contributed by atoms with Gasteiger partial charge < -0.3 is 16.2 Å². The number of unbranched alkanes of at least 4 members (excludes halogenated alkanes) is 2. The lowest BCUT2D eigenvalue weighted by Gasteiger charge is -2.09. The van der Waals surface area contributed by atoms with Crippen molar-refractivity contribution in [3.05, 3.63) is 0 Å². The van der Waals surface area contributed by atoms with Gasteiger partial charge in [0.05, 0.1) is 6.10 Å². The molecule has 0 aliphatic carbocycles. The van der Waals surface area contributed by atoms with Crippen LogP contribution in [0.1, 0.15) is 46.5 Å². The van der Waals surface area contributed by atoms with E-state index in [0.29, 0.717) is 19.5 Å². The van der Waals surface area contributed by atoms with Crippen molar-refractivity contribution >= 4 is 0 Å². The molecule has 0 unspecified atom stereocenters. The SMILES string of the molecule is CC.CCCCCNC[C@@H](O)CCN. The van der Waals surface area contributed by atoms with Crippen molar-refractivity contribution in [1.29, 1.82) is 0 Å². The molecule has 3 nitrogen and oxygen atoms in total. The minimum Gasteiger partial charge on any atom is -0.392 e. The molecule has 3 heteroatoms. The van der Waals surface area contributed by atoms with E-state index in [-0.39, 0.29) is 6.10 Å². The van der Waals surface area contributed by atoms with Crippen LogP contribution in [0.3, 0.4) is 0 Å². The molecule has 0 aliphatic heterocycles. The van der Waals surface area contributed by atoms with E-state index >= 15 is 0 Å². The summed E-state index contributed by atoms with van der Waals surface area (Å²) in [7, 11) is 0. The Bertz CT molecular complexity index is 89.4. The van der Waals surface area contributed by atoms with Crippen LogP contribution in [0.5, 0.6) is 0 Å². The van der Waals surface area contributed by atoms with Gasteiger partial charge in [0, 0.05) is 6.54 Å². The zero-order chi connectivity index (χ0) is 11.2. The molecule has 0 bridgehead atoms. The smallest absolute Gasteiger partial charge is 0.0676 e. The minimum absolute atomic E-state index is 0.267. The summed E-state index contributed by atoms with van der Waals surface area (Å²) in [6, 6.07) is 0. The van der Waals surface area contributed by atoms with E-state index in [9.17, 15) is 5.11 Å². The summed E-state index contributed by atoms with van der Waals surface area (Å²) in [5, 5.41) is 12.5. The third-order valence-electron chi connectivity index (χ3n) is 1.84. The molecule has 0 fully saturated rings. The van der Waals surface area contributed by atoms with E-state index in [1.807, 2.05) is 13.8 Å². The molecular formula is C11H28N2O. The topological polar surface area (TPSA) is 58.3 Å². The standard InChI is InChI=1S/C9H22N2O.C2H6/c1-2-3-4-7-11-8-9(12)5-6-10;1-2/h9,11-12H,2-8,10H2,1H3;1-2H3/t9-;/m0./s1. The molecule has 0 aromatic heterocycles. The molecule has 0 saturated carbocycles. The van der Waals surface area contributed by atoms with Crippen LogP contribution in [0.25, 0.3) is 0 Å². The van der Waals surface area contributed by atoms with Crippen LogP contribution in [0.15, 0.2) is 0 Å². The highest BCUT2D eigenvalue weighted by Crippen LogP contribution is 1.92. The molecule has 0 saturated heterocycles. The van der Waals surface area contributed by atoms with Gasteiger partial charge in [0.1, 0.15) is 0 Å². The first-order chi connectivity index (χ1) is 6.81. The van der Waals surface area contributed by atoms with Gasteiger partial charge in [0.25, 0.3) is 0 Å². The predicted molar refractivity (Wildman–Crippen MR) is 63.4 cm³/mol. The van der Waals surface area contributed by atoms with Crippen LogP contribution >= 0.6 is 0 Å². The van der Waals surface area contributed by atoms with Crippen molar-refractivity contribution in [3.63, 3.8) is 0 Å². The van der Waals surface area contributed by atoms with Gasteiger partial charge in [-0.2, -0.15) is 0 Å². The minimum atomic E-state index is -0.267. The number of hydrogen-bond acceptors (Lipinski definition) is 3. The van der Waals surface area contributed by atoms with Crippen molar-refractivity contribution in [3.8, 4) is 0 Å². The van der Waals surface area contributed by atoms with Gasteiger partial charge in [-0.1, -0.05) is 33.6 Å². The summed E-state index contributed by atoms with van der Waals surface area (Å²) < 4.78 is 0. The van der Waals surface area contributed by atoms with Crippen molar-refractivity contribution in [2.45, 2.75) is 52.6 Å². The zero-order valence-electron chi connectivity index (χ0n) is 10.1. The van der Waals surface area contributed by atoms with Crippen molar-refractivity contribution in [1.82, 2.24) is 5.32 Å². The fraction of sp³-hybridized carbons (Fsp3) is 1.00. The first-order valence-corrected chi connectivity index (χ1v) is 5.90. The Hall–Kier alpha value is -0.120. The van der Waals surface area contributed by atoms with Gasteiger partial charge in [0.2, 0.25) is 0 Å². The van der Waals surface area contributed by atoms with Crippen LogP contribution < -0.4 is 11.1 Å². The van der Waals surface area contributed by atoms with Crippen molar-refractivity contribution < 1.29 is 5.11 Å². The third kappa shape index (κ3) is 14.4. The molecule has 0 radical (unpaired) electrons. The Balaban J connectivity index is 0. The van der Waals surface area contributed by atoms with Gasteiger partial charge in [-0.15, -0.1) is 0 Å². The molecule has 88 valence electrons. The first kappa shape index (κ1) is 16.3. The van der Waals surface area contributed by atoms with Crippen LogP contribution in [-0.2, 0) is 0 Å². The summed E-state index contributed by atoms with van der Waals surface area (Å²) >= 11 is 0. The van der Waals surface area contributed by atoms with Crippen molar-refractivity contribution in [2.24, 2.45) is 5.73 Å². The summed E-state index contributed by atoms with van der Waals surface area (Å²) in [5.74, 6) is 0. The van der Waals surface area contributed by atoms with Crippen LogP contribution in [0, 0.1) is 0 Å². The van der Waals surface area contributed by atoms with Gasteiger partial charge in [-0.25, -0.2) is 0 Å². The van der Waals surface area contributed by atoms with Gasteiger partial charge >= 0.3 is 0 Å². The molecule has 0 amide bonds. The Morgan fingerprint density at radius 1 is 1.29 bits per heavy atom. The van der Waals surface area contributed by atoms with Crippen LogP contribution in [0.4, 0.5) is 0 Å². The van der Waals surface area contributed by atoms with E-state index < -0.39 is 0 Å². The quantitative estimate of drug-likeness (QED) is 0.525. The number of nitrogens with two attached hydrogens (primary N) is 1. The number of aliphatic hydroxyl groups is 1. The number of nitrogens with one attached hydrogen (secondary N) is 1. The van der Waals surface area contributed by atoms with E-state index in [4.69, 9.17) is 5.73 Å².